The van der Waals surface area contributed by atoms with Crippen molar-refractivity contribution in [3.05, 3.63) is 27.5 Å². The molecule has 76 valence electrons. The third-order valence-electron chi connectivity index (χ3n) is 1.55. The van der Waals surface area contributed by atoms with Gasteiger partial charge >= 0.3 is 5.97 Å². The van der Waals surface area contributed by atoms with Crippen LogP contribution < -0.4 is 0 Å². The predicted octanol–water partition coefficient (Wildman–Crippen LogP) is 1.70. The molecule has 4 nitrogen and oxygen atoms in total. The quantitative estimate of drug-likeness (QED) is 0.662. The first-order valence-electron chi connectivity index (χ1n) is 3.63. The summed E-state index contributed by atoms with van der Waals surface area (Å²) in [6, 6.07) is 1.51. The lowest BCUT2D eigenvalue weighted by Crippen LogP contribution is -2.14. The lowest BCUT2D eigenvalue weighted by Gasteiger charge is -2.09. The molecule has 1 aromatic heterocycles. The van der Waals surface area contributed by atoms with E-state index in [0.717, 1.165) is 0 Å². The van der Waals surface area contributed by atoms with Gasteiger partial charge < -0.3 is 9.84 Å². The van der Waals surface area contributed by atoms with Crippen molar-refractivity contribution in [1.82, 2.24) is 4.98 Å². The first-order chi connectivity index (χ1) is 6.56. The molecule has 1 unspecified atom stereocenters. The Kier molecular flexibility index (Phi) is 3.86. The molecule has 0 aliphatic heterocycles. The molecule has 0 radical (unpaired) electrons. The molecule has 0 amide bonds. The number of halogens is 2. The number of ether oxygens (including phenoxy) is 1. The summed E-state index contributed by atoms with van der Waals surface area (Å²) in [6.07, 6.45) is 0.0630. The highest BCUT2D eigenvalue weighted by Crippen LogP contribution is 2.24. The number of pyridine rings is 1. The highest BCUT2D eigenvalue weighted by atomic mass is 79.9. The fourth-order valence-corrected chi connectivity index (χ4v) is 1.42. The van der Waals surface area contributed by atoms with Crippen molar-refractivity contribution in [3.63, 3.8) is 0 Å². The SMILES string of the molecule is COC(=O)C(O)c1cc(Br)cnc1Cl. The highest BCUT2D eigenvalue weighted by Gasteiger charge is 2.21. The Bertz CT molecular complexity index is 358. The highest BCUT2D eigenvalue weighted by molar-refractivity contribution is 9.10. The molecule has 6 heteroatoms. The second-order valence-corrected chi connectivity index (χ2v) is 3.73. The summed E-state index contributed by atoms with van der Waals surface area (Å²) < 4.78 is 5.00. The summed E-state index contributed by atoms with van der Waals surface area (Å²) in [6.45, 7) is 0. The summed E-state index contributed by atoms with van der Waals surface area (Å²) in [4.78, 5) is 14.8. The second-order valence-electron chi connectivity index (χ2n) is 2.46. The van der Waals surface area contributed by atoms with Crippen LogP contribution >= 0.6 is 27.5 Å². The summed E-state index contributed by atoms with van der Waals surface area (Å²) in [5.41, 5.74) is 0.216. The number of aliphatic hydroxyl groups excluding tert-OH is 1. The van der Waals surface area contributed by atoms with E-state index in [2.05, 4.69) is 25.7 Å². The van der Waals surface area contributed by atoms with Gasteiger partial charge in [-0.25, -0.2) is 9.78 Å². The third-order valence-corrected chi connectivity index (χ3v) is 2.30. The standard InChI is InChI=1S/C8H7BrClNO3/c1-14-8(13)6(12)5-2-4(9)3-11-7(5)10/h2-3,6,12H,1H3. The van der Waals surface area contributed by atoms with E-state index in [0.29, 0.717) is 4.47 Å². The van der Waals surface area contributed by atoms with E-state index in [1.807, 2.05) is 0 Å². The molecule has 0 saturated heterocycles. The number of rotatable bonds is 2. The van der Waals surface area contributed by atoms with Crippen LogP contribution in [0.15, 0.2) is 16.7 Å². The molecule has 1 atom stereocenters. The van der Waals surface area contributed by atoms with Gasteiger partial charge in [-0.15, -0.1) is 0 Å². The Morgan fingerprint density at radius 3 is 3.00 bits per heavy atom. The van der Waals surface area contributed by atoms with Gasteiger partial charge in [0.1, 0.15) is 5.15 Å². The number of aromatic nitrogens is 1. The molecule has 0 aliphatic rings. The number of carbonyl (C=O) groups excluding carboxylic acids is 1. The van der Waals surface area contributed by atoms with E-state index in [1.165, 1.54) is 19.4 Å². The normalized spacial score (nSPS) is 12.3. The Hall–Kier alpha value is -0.650. The molecule has 0 saturated carbocycles. The number of esters is 1. The van der Waals surface area contributed by atoms with Crippen LogP contribution in [0, 0.1) is 0 Å². The van der Waals surface area contributed by atoms with Crippen LogP contribution in [0.3, 0.4) is 0 Å². The number of carbonyl (C=O) groups is 1. The minimum Gasteiger partial charge on any atom is -0.467 e. The van der Waals surface area contributed by atoms with E-state index in [-0.39, 0.29) is 10.7 Å². The molecule has 0 spiro atoms. The Labute approximate surface area is 94.0 Å². The van der Waals surface area contributed by atoms with Gasteiger partial charge in [-0.2, -0.15) is 0 Å². The van der Waals surface area contributed by atoms with Crippen molar-refractivity contribution in [2.75, 3.05) is 7.11 Å². The zero-order valence-corrected chi connectivity index (χ0v) is 9.54. The topological polar surface area (TPSA) is 59.4 Å². The molecule has 0 aliphatic carbocycles. The van der Waals surface area contributed by atoms with Crippen LogP contribution in [0.25, 0.3) is 0 Å². The molecule has 1 heterocycles. The van der Waals surface area contributed by atoms with Gasteiger partial charge in [0, 0.05) is 16.2 Å². The molecular formula is C8H7BrClNO3. The molecule has 1 rings (SSSR count). The number of hydrogen-bond acceptors (Lipinski definition) is 4. The number of methoxy groups -OCH3 is 1. The zero-order valence-electron chi connectivity index (χ0n) is 7.20. The van der Waals surface area contributed by atoms with Crippen LogP contribution in [0.4, 0.5) is 0 Å². The summed E-state index contributed by atoms with van der Waals surface area (Å²) in [5.74, 6) is -0.771. The molecule has 0 fully saturated rings. The van der Waals surface area contributed by atoms with Crippen molar-refractivity contribution < 1.29 is 14.6 Å². The lowest BCUT2D eigenvalue weighted by atomic mass is 10.2. The average Bonchev–Trinajstić information content (AvgIpc) is 2.19. The number of nitrogens with zero attached hydrogens (tertiary/aromatic N) is 1. The van der Waals surface area contributed by atoms with E-state index in [9.17, 15) is 9.90 Å². The minimum atomic E-state index is -1.41. The van der Waals surface area contributed by atoms with Gasteiger partial charge in [0.05, 0.1) is 7.11 Å². The maximum atomic E-state index is 11.0. The lowest BCUT2D eigenvalue weighted by molar-refractivity contribution is -0.150. The van der Waals surface area contributed by atoms with E-state index in [4.69, 9.17) is 11.6 Å². The van der Waals surface area contributed by atoms with Crippen molar-refractivity contribution >= 4 is 33.5 Å². The first-order valence-corrected chi connectivity index (χ1v) is 4.80. The van der Waals surface area contributed by atoms with Crippen molar-refractivity contribution in [3.8, 4) is 0 Å². The fraction of sp³-hybridized carbons (Fsp3) is 0.250. The smallest absolute Gasteiger partial charge is 0.339 e. The minimum absolute atomic E-state index is 0.0751. The average molecular weight is 281 g/mol. The molecule has 0 aromatic carbocycles. The van der Waals surface area contributed by atoms with Crippen molar-refractivity contribution in [2.45, 2.75) is 6.10 Å². The first kappa shape index (κ1) is 11.4. The van der Waals surface area contributed by atoms with Gasteiger partial charge in [-0.3, -0.25) is 0 Å². The van der Waals surface area contributed by atoms with Crippen LogP contribution in [0.5, 0.6) is 0 Å². The monoisotopic (exact) mass is 279 g/mol. The molecule has 1 aromatic rings. The molecule has 0 bridgehead atoms. The Balaban J connectivity index is 3.05. The van der Waals surface area contributed by atoms with Crippen molar-refractivity contribution in [1.29, 1.82) is 0 Å². The maximum Gasteiger partial charge on any atom is 0.339 e. The van der Waals surface area contributed by atoms with Crippen LogP contribution in [0.2, 0.25) is 5.15 Å². The molecular weight excluding hydrogens is 273 g/mol. The zero-order chi connectivity index (χ0) is 10.7. The van der Waals surface area contributed by atoms with E-state index < -0.39 is 12.1 Å². The van der Waals surface area contributed by atoms with Crippen molar-refractivity contribution in [2.24, 2.45) is 0 Å². The van der Waals surface area contributed by atoms with Crippen LogP contribution in [0.1, 0.15) is 11.7 Å². The third kappa shape index (κ3) is 2.43. The Morgan fingerprint density at radius 2 is 2.43 bits per heavy atom. The summed E-state index contributed by atoms with van der Waals surface area (Å²) in [5, 5.41) is 9.55. The van der Waals surface area contributed by atoms with Crippen LogP contribution in [-0.2, 0) is 9.53 Å². The van der Waals surface area contributed by atoms with Gasteiger partial charge in [-0.05, 0) is 22.0 Å². The van der Waals surface area contributed by atoms with Gasteiger partial charge in [0.15, 0.2) is 6.10 Å². The van der Waals surface area contributed by atoms with Gasteiger partial charge in [-0.1, -0.05) is 11.6 Å². The molecule has 14 heavy (non-hydrogen) atoms. The number of aliphatic hydroxyl groups is 1. The Morgan fingerprint density at radius 1 is 1.79 bits per heavy atom. The second kappa shape index (κ2) is 4.72. The summed E-state index contributed by atoms with van der Waals surface area (Å²) in [7, 11) is 1.19. The van der Waals surface area contributed by atoms with E-state index >= 15 is 0 Å². The van der Waals surface area contributed by atoms with E-state index in [1.54, 1.807) is 0 Å². The predicted molar refractivity (Wildman–Crippen MR) is 53.9 cm³/mol. The largest absolute Gasteiger partial charge is 0.467 e. The van der Waals surface area contributed by atoms with Gasteiger partial charge in [0.25, 0.3) is 0 Å². The fourth-order valence-electron chi connectivity index (χ4n) is 0.869. The number of hydrogen-bond donors (Lipinski definition) is 1. The molecule has 1 N–H and O–H groups in total. The summed E-state index contributed by atoms with van der Waals surface area (Å²) >= 11 is 8.84. The van der Waals surface area contributed by atoms with Crippen LogP contribution in [-0.4, -0.2) is 23.2 Å². The maximum absolute atomic E-state index is 11.0. The van der Waals surface area contributed by atoms with Gasteiger partial charge in [0.2, 0.25) is 0 Å².